The zero-order valence-electron chi connectivity index (χ0n) is 9.99. The molecule has 1 atom stereocenters. The fraction of sp³-hybridized carbons (Fsp3) is 0.333. The van der Waals surface area contributed by atoms with Crippen molar-refractivity contribution in [2.45, 2.75) is 25.6 Å². The largest absolute Gasteiger partial charge is 0.480 e. The molecule has 4 nitrogen and oxygen atoms in total. The predicted molar refractivity (Wildman–Crippen MR) is 60.4 cm³/mol. The second kappa shape index (κ2) is 5.73. The van der Waals surface area contributed by atoms with E-state index >= 15 is 0 Å². The Morgan fingerprint density at radius 2 is 2.00 bits per heavy atom. The van der Waals surface area contributed by atoms with Crippen molar-refractivity contribution in [1.29, 1.82) is 0 Å². The molecule has 1 aromatic carbocycles. The molecule has 0 aromatic heterocycles. The van der Waals surface area contributed by atoms with E-state index in [0.717, 1.165) is 19.1 Å². The van der Waals surface area contributed by atoms with Crippen LogP contribution in [0.25, 0.3) is 0 Å². The number of benzene rings is 1. The van der Waals surface area contributed by atoms with Crippen LogP contribution in [0.4, 0.5) is 13.2 Å². The minimum Gasteiger partial charge on any atom is -0.480 e. The van der Waals surface area contributed by atoms with Crippen LogP contribution in [0.1, 0.15) is 18.1 Å². The van der Waals surface area contributed by atoms with Gasteiger partial charge in [-0.2, -0.15) is 13.2 Å². The SMILES string of the molecule is CC(=O)N[C@H](Cc1cccc(C(F)(F)F)c1)C(=O)O. The molecule has 104 valence electrons. The molecule has 0 radical (unpaired) electrons. The fourth-order valence-electron chi connectivity index (χ4n) is 1.56. The highest BCUT2D eigenvalue weighted by atomic mass is 19.4. The van der Waals surface area contributed by atoms with Gasteiger partial charge in [-0.15, -0.1) is 0 Å². The van der Waals surface area contributed by atoms with Crippen LogP contribution < -0.4 is 5.32 Å². The number of carboxylic acid groups (broad SMARTS) is 1. The first-order valence-electron chi connectivity index (χ1n) is 5.36. The molecule has 0 fully saturated rings. The molecule has 7 heteroatoms. The number of amides is 1. The summed E-state index contributed by atoms with van der Waals surface area (Å²) in [4.78, 5) is 21.7. The van der Waals surface area contributed by atoms with E-state index in [0.29, 0.717) is 0 Å². The highest BCUT2D eigenvalue weighted by Crippen LogP contribution is 2.29. The number of aliphatic carboxylic acids is 1. The van der Waals surface area contributed by atoms with Gasteiger partial charge in [-0.25, -0.2) is 4.79 Å². The van der Waals surface area contributed by atoms with Crippen molar-refractivity contribution in [2.24, 2.45) is 0 Å². The summed E-state index contributed by atoms with van der Waals surface area (Å²) in [5, 5.41) is 11.0. The Balaban J connectivity index is 2.91. The number of hydrogen-bond acceptors (Lipinski definition) is 2. The summed E-state index contributed by atoms with van der Waals surface area (Å²) in [6.07, 6.45) is -4.69. The minimum atomic E-state index is -4.48. The molecule has 0 spiro atoms. The van der Waals surface area contributed by atoms with Crippen molar-refractivity contribution in [2.75, 3.05) is 0 Å². The van der Waals surface area contributed by atoms with Gasteiger partial charge in [0.05, 0.1) is 5.56 Å². The molecule has 1 aromatic rings. The monoisotopic (exact) mass is 275 g/mol. The van der Waals surface area contributed by atoms with E-state index in [4.69, 9.17) is 5.11 Å². The zero-order chi connectivity index (χ0) is 14.6. The van der Waals surface area contributed by atoms with Gasteiger partial charge >= 0.3 is 12.1 Å². The molecule has 0 saturated carbocycles. The average molecular weight is 275 g/mol. The van der Waals surface area contributed by atoms with Crippen LogP contribution in [-0.4, -0.2) is 23.0 Å². The van der Waals surface area contributed by atoms with Crippen LogP contribution in [-0.2, 0) is 22.2 Å². The van der Waals surface area contributed by atoms with E-state index in [-0.39, 0.29) is 12.0 Å². The number of alkyl halides is 3. The Hall–Kier alpha value is -2.05. The lowest BCUT2D eigenvalue weighted by atomic mass is 10.0. The first-order valence-corrected chi connectivity index (χ1v) is 5.36. The minimum absolute atomic E-state index is 0.191. The Morgan fingerprint density at radius 3 is 2.47 bits per heavy atom. The first-order chi connectivity index (χ1) is 8.70. The van der Waals surface area contributed by atoms with Gasteiger partial charge < -0.3 is 10.4 Å². The van der Waals surface area contributed by atoms with Gasteiger partial charge in [0.1, 0.15) is 6.04 Å². The quantitative estimate of drug-likeness (QED) is 0.881. The maximum absolute atomic E-state index is 12.5. The van der Waals surface area contributed by atoms with Crippen molar-refractivity contribution >= 4 is 11.9 Å². The van der Waals surface area contributed by atoms with Crippen LogP contribution in [0.15, 0.2) is 24.3 Å². The standard InChI is InChI=1S/C12H12F3NO3/c1-7(17)16-10(11(18)19)6-8-3-2-4-9(5-8)12(13,14)15/h2-5,10H,6H2,1H3,(H,16,17)(H,18,19)/t10-/m1/s1. The van der Waals surface area contributed by atoms with Gasteiger partial charge in [0.25, 0.3) is 0 Å². The molecule has 0 aliphatic rings. The maximum atomic E-state index is 12.5. The van der Waals surface area contributed by atoms with E-state index in [1.165, 1.54) is 12.1 Å². The molecule has 1 amide bonds. The Morgan fingerprint density at radius 1 is 1.37 bits per heavy atom. The van der Waals surface area contributed by atoms with Crippen LogP contribution >= 0.6 is 0 Å². The number of carbonyl (C=O) groups excluding carboxylic acids is 1. The molecular weight excluding hydrogens is 263 g/mol. The van der Waals surface area contributed by atoms with Gasteiger partial charge in [0.15, 0.2) is 0 Å². The number of rotatable bonds is 4. The molecule has 0 unspecified atom stereocenters. The number of carboxylic acids is 1. The highest BCUT2D eigenvalue weighted by Gasteiger charge is 2.30. The molecule has 1 rings (SSSR count). The van der Waals surface area contributed by atoms with E-state index in [1.807, 2.05) is 0 Å². The Kier molecular flexibility index (Phi) is 4.52. The molecule has 0 heterocycles. The normalized spacial score (nSPS) is 12.8. The Bertz CT molecular complexity index is 485. The summed E-state index contributed by atoms with van der Waals surface area (Å²) >= 11 is 0. The van der Waals surface area contributed by atoms with E-state index in [9.17, 15) is 22.8 Å². The topological polar surface area (TPSA) is 66.4 Å². The Labute approximate surface area is 107 Å². The van der Waals surface area contributed by atoms with Gasteiger partial charge in [-0.3, -0.25) is 4.79 Å². The second-order valence-corrected chi connectivity index (χ2v) is 3.99. The van der Waals surface area contributed by atoms with E-state index in [1.54, 1.807) is 0 Å². The smallest absolute Gasteiger partial charge is 0.416 e. The van der Waals surface area contributed by atoms with Crippen molar-refractivity contribution in [3.63, 3.8) is 0 Å². The van der Waals surface area contributed by atoms with Crippen LogP contribution in [0.2, 0.25) is 0 Å². The number of nitrogens with one attached hydrogen (secondary N) is 1. The van der Waals surface area contributed by atoms with Crippen LogP contribution in [0.3, 0.4) is 0 Å². The summed E-state index contributed by atoms with van der Waals surface area (Å²) in [5.74, 6) is -1.85. The van der Waals surface area contributed by atoms with Crippen LogP contribution in [0.5, 0.6) is 0 Å². The van der Waals surface area contributed by atoms with Gasteiger partial charge in [-0.1, -0.05) is 18.2 Å². The third-order valence-corrected chi connectivity index (χ3v) is 2.37. The van der Waals surface area contributed by atoms with Crippen molar-refractivity contribution in [3.8, 4) is 0 Å². The summed E-state index contributed by atoms with van der Waals surface area (Å²) in [6, 6.07) is 3.11. The van der Waals surface area contributed by atoms with E-state index in [2.05, 4.69) is 5.32 Å². The van der Waals surface area contributed by atoms with Gasteiger partial charge in [-0.05, 0) is 11.6 Å². The molecule has 2 N–H and O–H groups in total. The van der Waals surface area contributed by atoms with Crippen molar-refractivity contribution in [3.05, 3.63) is 35.4 Å². The lowest BCUT2D eigenvalue weighted by molar-refractivity contribution is -0.141. The lowest BCUT2D eigenvalue weighted by Crippen LogP contribution is -2.41. The molecule has 19 heavy (non-hydrogen) atoms. The first kappa shape index (κ1) is 15.0. The second-order valence-electron chi connectivity index (χ2n) is 3.99. The zero-order valence-corrected chi connectivity index (χ0v) is 9.99. The highest BCUT2D eigenvalue weighted by molar-refractivity contribution is 5.82. The fourth-order valence-corrected chi connectivity index (χ4v) is 1.56. The van der Waals surface area contributed by atoms with Gasteiger partial charge in [0.2, 0.25) is 5.91 Å². The number of hydrogen-bond donors (Lipinski definition) is 2. The maximum Gasteiger partial charge on any atom is 0.416 e. The summed E-state index contributed by atoms with van der Waals surface area (Å²) in [5.41, 5.74) is -0.659. The summed E-state index contributed by atoms with van der Waals surface area (Å²) in [7, 11) is 0. The molecule has 0 saturated heterocycles. The van der Waals surface area contributed by atoms with Crippen LogP contribution in [0, 0.1) is 0 Å². The van der Waals surface area contributed by atoms with Gasteiger partial charge in [0, 0.05) is 13.3 Å². The third-order valence-electron chi connectivity index (χ3n) is 2.37. The molecule has 0 aliphatic carbocycles. The predicted octanol–water partition coefficient (Wildman–Crippen LogP) is 1.84. The average Bonchev–Trinajstić information content (AvgIpc) is 2.26. The number of halogens is 3. The number of carbonyl (C=O) groups is 2. The lowest BCUT2D eigenvalue weighted by Gasteiger charge is -2.14. The third kappa shape index (κ3) is 4.61. The summed E-state index contributed by atoms with van der Waals surface area (Å²) in [6.45, 7) is 1.14. The van der Waals surface area contributed by atoms with Crippen molar-refractivity contribution < 1.29 is 27.9 Å². The molecule has 0 aliphatic heterocycles. The van der Waals surface area contributed by atoms with E-state index < -0.39 is 29.7 Å². The van der Waals surface area contributed by atoms with Crippen molar-refractivity contribution in [1.82, 2.24) is 5.32 Å². The summed E-state index contributed by atoms with van der Waals surface area (Å²) < 4.78 is 37.5. The molecular formula is C12H12F3NO3. The molecule has 0 bridgehead atoms.